The Hall–Kier alpha value is -0.646. The largest absolute Gasteiger partial charge is 0.0876 e. The molecule has 0 aromatic heterocycles. The lowest BCUT2D eigenvalue weighted by atomic mass is 10.1. The molecule has 0 nitrogen and oxygen atoms in total. The van der Waals surface area contributed by atoms with Gasteiger partial charge in [0, 0.05) is 10.0 Å². The number of benzene rings is 1. The third-order valence-corrected chi connectivity index (χ3v) is 12.5. The van der Waals surface area contributed by atoms with Crippen LogP contribution in [0.2, 0.25) is 32.7 Å². The number of allylic oxidation sites excluding steroid dienone is 5. The van der Waals surface area contributed by atoms with Crippen LogP contribution in [0.15, 0.2) is 50.8 Å². The van der Waals surface area contributed by atoms with Gasteiger partial charge in [0.25, 0.3) is 0 Å². The zero-order valence-corrected chi connectivity index (χ0v) is 18.7. The molecule has 0 spiro atoms. The number of hydrogen-bond acceptors (Lipinski definition) is 0. The van der Waals surface area contributed by atoms with E-state index in [1.807, 2.05) is 0 Å². The molecule has 0 saturated heterocycles. The molecule has 1 unspecified atom stereocenters. The first kappa shape index (κ1) is 17.2. The fourth-order valence-corrected chi connectivity index (χ4v) is 9.89. The van der Waals surface area contributed by atoms with E-state index in [1.54, 1.807) is 16.0 Å². The van der Waals surface area contributed by atoms with Gasteiger partial charge in [-0.15, -0.1) is 0 Å². The molecule has 23 heavy (non-hydrogen) atoms. The fraction of sp³-hybridized carbons (Fsp3) is 0.400. The maximum atomic E-state index is 3.74. The van der Waals surface area contributed by atoms with E-state index in [-0.39, 0.29) is 0 Å². The van der Waals surface area contributed by atoms with E-state index in [1.165, 1.54) is 22.0 Å². The van der Waals surface area contributed by atoms with Crippen LogP contribution in [0.25, 0.3) is 6.08 Å². The Bertz CT molecular complexity index is 745. The molecule has 0 bridgehead atoms. The molecule has 0 heterocycles. The van der Waals surface area contributed by atoms with Crippen molar-refractivity contribution in [1.29, 1.82) is 0 Å². The van der Waals surface area contributed by atoms with Gasteiger partial charge < -0.3 is 0 Å². The summed E-state index contributed by atoms with van der Waals surface area (Å²) in [6.07, 6.45) is 8.70. The van der Waals surface area contributed by atoms with Crippen molar-refractivity contribution in [2.45, 2.75) is 51.6 Å². The lowest BCUT2D eigenvalue weighted by molar-refractivity contribution is 1.06. The highest BCUT2D eigenvalue weighted by Crippen LogP contribution is 2.48. The van der Waals surface area contributed by atoms with E-state index in [9.17, 15) is 0 Å². The molecule has 0 N–H and O–H groups in total. The van der Waals surface area contributed by atoms with E-state index in [0.717, 1.165) is 0 Å². The van der Waals surface area contributed by atoms with Gasteiger partial charge in [-0.25, -0.2) is 0 Å². The highest BCUT2D eigenvalue weighted by Gasteiger charge is 2.41. The molecule has 0 fully saturated rings. The second-order valence-corrected chi connectivity index (χ2v) is 19.2. The number of rotatable bonds is 3. The van der Waals surface area contributed by atoms with Crippen LogP contribution in [-0.4, -0.2) is 16.1 Å². The summed E-state index contributed by atoms with van der Waals surface area (Å²) in [4.78, 5) is 0. The van der Waals surface area contributed by atoms with Crippen LogP contribution >= 0.6 is 15.9 Å². The Morgan fingerprint density at radius 1 is 1.04 bits per heavy atom. The average molecular weight is 404 g/mol. The zero-order chi connectivity index (χ0) is 17.0. The Morgan fingerprint density at radius 3 is 2.35 bits per heavy atom. The van der Waals surface area contributed by atoms with Gasteiger partial charge in [0.05, 0.1) is 16.1 Å². The topological polar surface area (TPSA) is 0 Å². The molecule has 122 valence electrons. The predicted octanol–water partition coefficient (Wildman–Crippen LogP) is 6.87. The zero-order valence-electron chi connectivity index (χ0n) is 15.1. The Balaban J connectivity index is 2.00. The highest BCUT2D eigenvalue weighted by atomic mass is 79.9. The lowest BCUT2D eigenvalue weighted by Gasteiger charge is -2.33. The summed E-state index contributed by atoms with van der Waals surface area (Å²) in [5.41, 5.74) is 5.12. The van der Waals surface area contributed by atoms with Gasteiger partial charge in [0.1, 0.15) is 0 Å². The van der Waals surface area contributed by atoms with Gasteiger partial charge in [-0.1, -0.05) is 95.0 Å². The van der Waals surface area contributed by atoms with Crippen LogP contribution in [0.3, 0.4) is 0 Å². The van der Waals surface area contributed by atoms with Crippen molar-refractivity contribution in [3.05, 3.63) is 61.9 Å². The average Bonchev–Trinajstić information content (AvgIpc) is 3.03. The molecule has 3 heteroatoms. The lowest BCUT2D eigenvalue weighted by Crippen LogP contribution is -2.37. The first-order valence-electron chi connectivity index (χ1n) is 8.50. The molecule has 1 atom stereocenters. The highest BCUT2D eigenvalue weighted by molar-refractivity contribution is 9.10. The monoisotopic (exact) mass is 402 g/mol. The SMILES string of the molecule is CC1=Cc2c(Br)cccc2C1[Si](C)(C)C1=CC([Si](C)(C)C)=CC1. The summed E-state index contributed by atoms with van der Waals surface area (Å²) in [6.45, 7) is 14.8. The Labute approximate surface area is 151 Å². The number of halogens is 1. The second-order valence-electron chi connectivity index (χ2n) is 8.57. The van der Waals surface area contributed by atoms with Crippen molar-refractivity contribution in [2.24, 2.45) is 0 Å². The summed E-state index contributed by atoms with van der Waals surface area (Å²) in [7, 11) is -2.75. The minimum absolute atomic E-state index is 0.621. The van der Waals surface area contributed by atoms with Crippen molar-refractivity contribution in [3.63, 3.8) is 0 Å². The minimum Gasteiger partial charge on any atom is -0.0816 e. The van der Waals surface area contributed by atoms with E-state index < -0.39 is 16.1 Å². The van der Waals surface area contributed by atoms with Crippen molar-refractivity contribution >= 4 is 38.2 Å². The number of hydrogen-bond donors (Lipinski definition) is 0. The van der Waals surface area contributed by atoms with E-state index >= 15 is 0 Å². The van der Waals surface area contributed by atoms with Crippen molar-refractivity contribution in [1.82, 2.24) is 0 Å². The van der Waals surface area contributed by atoms with Crippen molar-refractivity contribution in [3.8, 4) is 0 Å². The summed E-state index contributed by atoms with van der Waals surface area (Å²) in [6, 6.07) is 6.70. The van der Waals surface area contributed by atoms with Crippen molar-refractivity contribution in [2.75, 3.05) is 0 Å². The third kappa shape index (κ3) is 2.92. The van der Waals surface area contributed by atoms with Gasteiger partial charge in [-0.3, -0.25) is 0 Å². The molecule has 0 amide bonds. The molecule has 1 aromatic carbocycles. The van der Waals surface area contributed by atoms with E-state index in [4.69, 9.17) is 0 Å². The summed E-state index contributed by atoms with van der Waals surface area (Å²) in [5, 5.41) is 3.39. The van der Waals surface area contributed by atoms with Crippen LogP contribution in [0.4, 0.5) is 0 Å². The molecule has 0 saturated carbocycles. The first-order valence-corrected chi connectivity index (χ1v) is 15.9. The number of fused-ring (bicyclic) bond motifs is 1. The smallest absolute Gasteiger partial charge is 0.0816 e. The molecular weight excluding hydrogens is 376 g/mol. The minimum atomic E-state index is -1.55. The fourth-order valence-electron chi connectivity index (χ4n) is 4.15. The second kappa shape index (κ2) is 5.71. The summed E-state index contributed by atoms with van der Waals surface area (Å²) in [5.74, 6) is 0. The Morgan fingerprint density at radius 2 is 1.74 bits per heavy atom. The Kier molecular flexibility index (Phi) is 4.27. The van der Waals surface area contributed by atoms with Gasteiger partial charge in [0.15, 0.2) is 0 Å². The van der Waals surface area contributed by atoms with Crippen LogP contribution < -0.4 is 0 Å². The third-order valence-electron chi connectivity index (χ3n) is 5.51. The molecular formula is C20H27BrSi2. The van der Waals surface area contributed by atoms with Gasteiger partial charge in [-0.05, 0) is 30.5 Å². The van der Waals surface area contributed by atoms with Gasteiger partial charge in [0.2, 0.25) is 0 Å². The van der Waals surface area contributed by atoms with Crippen LogP contribution in [0, 0.1) is 0 Å². The van der Waals surface area contributed by atoms with Crippen molar-refractivity contribution < 1.29 is 0 Å². The molecule has 3 rings (SSSR count). The van der Waals surface area contributed by atoms with Gasteiger partial charge >= 0.3 is 0 Å². The summed E-state index contributed by atoms with van der Waals surface area (Å²) >= 11 is 3.74. The maximum Gasteiger partial charge on any atom is 0.0876 e. The quantitative estimate of drug-likeness (QED) is 0.483. The molecule has 2 aliphatic rings. The molecule has 1 aromatic rings. The van der Waals surface area contributed by atoms with Crippen LogP contribution in [-0.2, 0) is 0 Å². The standard InChI is InChI=1S/C20H27BrSi2/c1-14-12-18-17(8-7-9-19(18)21)20(14)23(5,6)16-11-10-15(13-16)22(2,3)4/h7-10,12-13,20H,11H2,1-6H3. The maximum absolute atomic E-state index is 3.74. The van der Waals surface area contributed by atoms with Crippen LogP contribution in [0.5, 0.6) is 0 Å². The van der Waals surface area contributed by atoms with E-state index in [0.29, 0.717) is 5.54 Å². The molecule has 0 aliphatic heterocycles. The van der Waals surface area contributed by atoms with Gasteiger partial charge in [-0.2, -0.15) is 0 Å². The van der Waals surface area contributed by atoms with E-state index in [2.05, 4.69) is 92.0 Å². The molecule has 0 radical (unpaired) electrons. The normalized spacial score (nSPS) is 21.0. The first-order chi connectivity index (χ1) is 10.6. The summed E-state index contributed by atoms with van der Waals surface area (Å²) < 4.78 is 1.24. The predicted molar refractivity (Wildman–Crippen MR) is 112 cm³/mol. The molecule has 2 aliphatic carbocycles. The van der Waals surface area contributed by atoms with Crippen LogP contribution in [0.1, 0.15) is 30.0 Å².